The molecule has 0 unspecified atom stereocenters. The minimum Gasteiger partial charge on any atom is -0.491 e. The van der Waals surface area contributed by atoms with Gasteiger partial charge in [-0.15, -0.1) is 0 Å². The van der Waals surface area contributed by atoms with Gasteiger partial charge >= 0.3 is 0 Å². The molecular weight excluding hydrogens is 352 g/mol. The van der Waals surface area contributed by atoms with Crippen LogP contribution in [-0.2, 0) is 0 Å². The van der Waals surface area contributed by atoms with Gasteiger partial charge in [-0.3, -0.25) is 4.79 Å². The van der Waals surface area contributed by atoms with Crippen LogP contribution in [0.2, 0.25) is 0 Å². The van der Waals surface area contributed by atoms with Crippen molar-refractivity contribution >= 4 is 23.1 Å². The zero-order valence-electron chi connectivity index (χ0n) is 16.3. The number of hydrogen-bond acceptors (Lipinski definition) is 5. The highest BCUT2D eigenvalue weighted by Crippen LogP contribution is 2.20. The Balaban J connectivity index is 1.68. The maximum Gasteiger partial charge on any atom is 0.278 e. The SMILES string of the molecule is CCN(C(=O)c1cnc(Nc2ccc(OC(C)C)cc2)cn1)c1ccccc1. The monoisotopic (exact) mass is 376 g/mol. The van der Waals surface area contributed by atoms with Crippen LogP contribution in [0.1, 0.15) is 31.3 Å². The Kier molecular flexibility index (Phi) is 6.22. The van der Waals surface area contributed by atoms with Gasteiger partial charge in [-0.2, -0.15) is 0 Å². The Morgan fingerprint density at radius 1 is 1.04 bits per heavy atom. The fraction of sp³-hybridized carbons (Fsp3) is 0.227. The molecule has 3 rings (SSSR count). The van der Waals surface area contributed by atoms with Crippen LogP contribution < -0.4 is 15.0 Å². The van der Waals surface area contributed by atoms with E-state index in [0.717, 1.165) is 17.1 Å². The number of aromatic nitrogens is 2. The molecule has 0 aliphatic heterocycles. The topological polar surface area (TPSA) is 67.4 Å². The fourth-order valence-electron chi connectivity index (χ4n) is 2.73. The van der Waals surface area contributed by atoms with Gasteiger partial charge in [-0.25, -0.2) is 9.97 Å². The number of benzene rings is 2. The molecule has 0 aliphatic rings. The van der Waals surface area contributed by atoms with Gasteiger partial charge in [0.05, 0.1) is 18.5 Å². The molecule has 1 N–H and O–H groups in total. The van der Waals surface area contributed by atoms with Gasteiger partial charge in [-0.1, -0.05) is 18.2 Å². The van der Waals surface area contributed by atoms with Gasteiger partial charge in [-0.05, 0) is 57.2 Å². The summed E-state index contributed by atoms with van der Waals surface area (Å²) in [6, 6.07) is 17.1. The van der Waals surface area contributed by atoms with Crippen molar-refractivity contribution in [2.24, 2.45) is 0 Å². The molecule has 3 aromatic rings. The number of nitrogens with zero attached hydrogens (tertiary/aromatic N) is 3. The van der Waals surface area contributed by atoms with E-state index in [-0.39, 0.29) is 12.0 Å². The van der Waals surface area contributed by atoms with Gasteiger partial charge in [0, 0.05) is 17.9 Å². The van der Waals surface area contributed by atoms with Crippen molar-refractivity contribution in [1.82, 2.24) is 9.97 Å². The normalized spacial score (nSPS) is 10.6. The largest absolute Gasteiger partial charge is 0.491 e. The molecule has 0 saturated carbocycles. The molecule has 1 amide bonds. The molecule has 0 radical (unpaired) electrons. The first-order chi connectivity index (χ1) is 13.6. The zero-order valence-corrected chi connectivity index (χ0v) is 16.3. The first-order valence-corrected chi connectivity index (χ1v) is 9.29. The number of para-hydroxylation sites is 1. The van der Waals surface area contributed by atoms with E-state index >= 15 is 0 Å². The van der Waals surface area contributed by atoms with Crippen molar-refractivity contribution in [2.45, 2.75) is 26.9 Å². The lowest BCUT2D eigenvalue weighted by Crippen LogP contribution is -2.31. The lowest BCUT2D eigenvalue weighted by molar-refractivity contribution is 0.0983. The summed E-state index contributed by atoms with van der Waals surface area (Å²) in [4.78, 5) is 23.0. The highest BCUT2D eigenvalue weighted by molar-refractivity contribution is 6.04. The summed E-state index contributed by atoms with van der Waals surface area (Å²) >= 11 is 0. The molecule has 1 heterocycles. The molecule has 0 spiro atoms. The average Bonchev–Trinajstić information content (AvgIpc) is 2.71. The Bertz CT molecular complexity index is 894. The fourth-order valence-corrected chi connectivity index (χ4v) is 2.73. The van der Waals surface area contributed by atoms with E-state index in [2.05, 4.69) is 15.3 Å². The van der Waals surface area contributed by atoms with E-state index in [9.17, 15) is 4.79 Å². The first-order valence-electron chi connectivity index (χ1n) is 9.29. The first kappa shape index (κ1) is 19.4. The molecule has 0 saturated heterocycles. The van der Waals surface area contributed by atoms with Crippen molar-refractivity contribution in [2.75, 3.05) is 16.8 Å². The second-order valence-corrected chi connectivity index (χ2v) is 6.49. The quantitative estimate of drug-likeness (QED) is 0.649. The number of anilines is 3. The van der Waals surface area contributed by atoms with Gasteiger partial charge in [0.2, 0.25) is 0 Å². The summed E-state index contributed by atoms with van der Waals surface area (Å²) < 4.78 is 5.63. The molecule has 2 aromatic carbocycles. The Hall–Kier alpha value is -3.41. The van der Waals surface area contributed by atoms with Crippen molar-refractivity contribution < 1.29 is 9.53 Å². The minimum atomic E-state index is -0.178. The zero-order chi connectivity index (χ0) is 19.9. The lowest BCUT2D eigenvalue weighted by atomic mass is 10.2. The maximum atomic E-state index is 12.8. The van der Waals surface area contributed by atoms with Crippen molar-refractivity contribution in [1.29, 1.82) is 0 Å². The van der Waals surface area contributed by atoms with Crippen molar-refractivity contribution in [3.8, 4) is 5.75 Å². The van der Waals surface area contributed by atoms with Crippen LogP contribution in [0.3, 0.4) is 0 Å². The number of rotatable bonds is 7. The van der Waals surface area contributed by atoms with E-state index in [1.807, 2.05) is 75.4 Å². The number of nitrogens with one attached hydrogen (secondary N) is 1. The van der Waals surface area contributed by atoms with Gasteiger partial charge in [0.15, 0.2) is 0 Å². The number of carbonyl (C=O) groups is 1. The average molecular weight is 376 g/mol. The molecule has 144 valence electrons. The molecule has 0 atom stereocenters. The standard InChI is InChI=1S/C22H24N4O2/c1-4-26(18-8-6-5-7-9-18)22(27)20-14-24-21(15-23-20)25-17-10-12-19(13-11-17)28-16(2)3/h5-16H,4H2,1-3H3,(H,24,25). The Morgan fingerprint density at radius 2 is 1.75 bits per heavy atom. The smallest absolute Gasteiger partial charge is 0.278 e. The van der Waals surface area contributed by atoms with Crippen LogP contribution >= 0.6 is 0 Å². The number of amides is 1. The third kappa shape index (κ3) is 4.85. The van der Waals surface area contributed by atoms with Crippen molar-refractivity contribution in [3.63, 3.8) is 0 Å². The van der Waals surface area contributed by atoms with E-state index in [1.165, 1.54) is 6.20 Å². The van der Waals surface area contributed by atoms with Gasteiger partial charge in [0.1, 0.15) is 17.3 Å². The van der Waals surface area contributed by atoms with Crippen LogP contribution in [0.4, 0.5) is 17.2 Å². The summed E-state index contributed by atoms with van der Waals surface area (Å²) in [6.45, 7) is 6.46. The highest BCUT2D eigenvalue weighted by atomic mass is 16.5. The van der Waals surface area contributed by atoms with E-state index in [1.54, 1.807) is 11.1 Å². The molecule has 28 heavy (non-hydrogen) atoms. The van der Waals surface area contributed by atoms with Crippen LogP contribution in [-0.4, -0.2) is 28.5 Å². The lowest BCUT2D eigenvalue weighted by Gasteiger charge is -2.20. The van der Waals surface area contributed by atoms with E-state index < -0.39 is 0 Å². The predicted molar refractivity (Wildman–Crippen MR) is 111 cm³/mol. The Morgan fingerprint density at radius 3 is 2.32 bits per heavy atom. The van der Waals surface area contributed by atoms with Crippen LogP contribution in [0.15, 0.2) is 67.0 Å². The molecule has 0 fully saturated rings. The summed E-state index contributed by atoms with van der Waals surface area (Å²) in [5.74, 6) is 1.20. The predicted octanol–water partition coefficient (Wildman–Crippen LogP) is 4.67. The second-order valence-electron chi connectivity index (χ2n) is 6.49. The number of carbonyl (C=O) groups excluding carboxylic acids is 1. The molecule has 0 aliphatic carbocycles. The van der Waals surface area contributed by atoms with Crippen molar-refractivity contribution in [3.05, 3.63) is 72.7 Å². The molecular formula is C22H24N4O2. The van der Waals surface area contributed by atoms with E-state index in [4.69, 9.17) is 4.74 Å². The third-order valence-electron chi connectivity index (χ3n) is 4.00. The van der Waals surface area contributed by atoms with E-state index in [0.29, 0.717) is 18.1 Å². The summed E-state index contributed by atoms with van der Waals surface area (Å²) in [7, 11) is 0. The maximum absolute atomic E-state index is 12.8. The molecule has 6 heteroatoms. The summed E-state index contributed by atoms with van der Waals surface area (Å²) in [6.07, 6.45) is 3.19. The number of hydrogen-bond donors (Lipinski definition) is 1. The Labute approximate surface area is 165 Å². The second kappa shape index (κ2) is 8.99. The van der Waals surface area contributed by atoms with Gasteiger partial charge < -0.3 is 15.0 Å². The van der Waals surface area contributed by atoms with Crippen LogP contribution in [0.25, 0.3) is 0 Å². The minimum absolute atomic E-state index is 0.133. The summed E-state index contributed by atoms with van der Waals surface area (Å²) in [5.41, 5.74) is 2.00. The summed E-state index contributed by atoms with van der Waals surface area (Å²) in [5, 5.41) is 3.17. The molecule has 6 nitrogen and oxygen atoms in total. The molecule has 0 bridgehead atoms. The van der Waals surface area contributed by atoms with Crippen LogP contribution in [0, 0.1) is 0 Å². The van der Waals surface area contributed by atoms with Crippen LogP contribution in [0.5, 0.6) is 5.75 Å². The highest BCUT2D eigenvalue weighted by Gasteiger charge is 2.17. The van der Waals surface area contributed by atoms with Gasteiger partial charge in [0.25, 0.3) is 5.91 Å². The number of ether oxygens (including phenoxy) is 1. The third-order valence-corrected chi connectivity index (χ3v) is 4.00. The molecule has 1 aromatic heterocycles.